The molecule has 0 saturated carbocycles. The third kappa shape index (κ3) is 4.84. The fourth-order valence-corrected chi connectivity index (χ4v) is 1.86. The van der Waals surface area contributed by atoms with Crippen molar-refractivity contribution in [2.45, 2.75) is 20.0 Å². The van der Waals surface area contributed by atoms with Crippen molar-refractivity contribution in [3.63, 3.8) is 0 Å². The van der Waals surface area contributed by atoms with Gasteiger partial charge in [0.2, 0.25) is 5.91 Å². The third-order valence-electron chi connectivity index (χ3n) is 2.75. The van der Waals surface area contributed by atoms with Crippen LogP contribution in [0.5, 0.6) is 5.75 Å². The summed E-state index contributed by atoms with van der Waals surface area (Å²) in [6, 6.07) is 17.1. The molecule has 4 heteroatoms. The summed E-state index contributed by atoms with van der Waals surface area (Å²) in [4.78, 5) is 12.0. The summed E-state index contributed by atoms with van der Waals surface area (Å²) in [5, 5.41) is 5.93. The monoisotopic (exact) mass is 284 g/mol. The van der Waals surface area contributed by atoms with E-state index in [-0.39, 0.29) is 18.6 Å². The van der Waals surface area contributed by atoms with Gasteiger partial charge in [0.25, 0.3) is 0 Å². The maximum Gasteiger partial charge on any atom is 0.243 e. The summed E-state index contributed by atoms with van der Waals surface area (Å²) in [5.41, 5.74) is 1.60. The number of carbonyl (C=O) groups is 1. The Hall–Kier alpha value is -2.49. The molecule has 2 aromatic carbocycles. The maximum absolute atomic E-state index is 12.0. The first-order valence-corrected chi connectivity index (χ1v) is 6.99. The lowest BCUT2D eigenvalue weighted by atomic mass is 10.3. The second-order valence-corrected chi connectivity index (χ2v) is 4.93. The van der Waals surface area contributed by atoms with Crippen LogP contribution in [0.3, 0.4) is 0 Å². The first-order chi connectivity index (χ1) is 10.1. The molecule has 0 aromatic heterocycles. The number of anilines is 2. The van der Waals surface area contributed by atoms with Gasteiger partial charge in [0.15, 0.2) is 0 Å². The van der Waals surface area contributed by atoms with Crippen molar-refractivity contribution in [2.75, 3.05) is 17.2 Å². The molecule has 0 aliphatic heterocycles. The number of hydrogen-bond acceptors (Lipinski definition) is 3. The molecule has 0 heterocycles. The van der Waals surface area contributed by atoms with E-state index in [1.54, 1.807) is 0 Å². The number of carbonyl (C=O) groups excluding carboxylic acids is 1. The summed E-state index contributed by atoms with van der Waals surface area (Å²) in [6.45, 7) is 4.12. The molecule has 2 N–H and O–H groups in total. The van der Waals surface area contributed by atoms with E-state index in [0.29, 0.717) is 11.4 Å². The second-order valence-electron chi connectivity index (χ2n) is 4.93. The van der Waals surface area contributed by atoms with Gasteiger partial charge in [0.05, 0.1) is 18.3 Å². The molecule has 110 valence electrons. The molecule has 0 saturated heterocycles. The Bertz CT molecular complexity index is 582. The third-order valence-corrected chi connectivity index (χ3v) is 2.75. The first kappa shape index (κ1) is 14.9. The molecule has 2 aromatic rings. The summed E-state index contributed by atoms with van der Waals surface area (Å²) in [6.07, 6.45) is 0.0606. The highest BCUT2D eigenvalue weighted by atomic mass is 16.5. The largest absolute Gasteiger partial charge is 0.489 e. The molecule has 4 nitrogen and oxygen atoms in total. The molecule has 21 heavy (non-hydrogen) atoms. The number of ether oxygens (including phenoxy) is 1. The minimum Gasteiger partial charge on any atom is -0.489 e. The van der Waals surface area contributed by atoms with Crippen LogP contribution >= 0.6 is 0 Å². The minimum absolute atomic E-state index is 0.0606. The highest BCUT2D eigenvalue weighted by Crippen LogP contribution is 2.24. The van der Waals surface area contributed by atoms with E-state index < -0.39 is 0 Å². The SMILES string of the molecule is CC(C)Oc1ccccc1NC(=O)CNc1ccccc1. The number of rotatable bonds is 6. The van der Waals surface area contributed by atoms with Crippen LogP contribution in [0, 0.1) is 0 Å². The van der Waals surface area contributed by atoms with Crippen LogP contribution in [0.4, 0.5) is 11.4 Å². The van der Waals surface area contributed by atoms with Crippen LogP contribution in [0.2, 0.25) is 0 Å². The molecule has 0 bridgehead atoms. The van der Waals surface area contributed by atoms with Crippen LogP contribution in [0.25, 0.3) is 0 Å². The zero-order chi connectivity index (χ0) is 15.1. The number of para-hydroxylation sites is 3. The zero-order valence-corrected chi connectivity index (χ0v) is 12.3. The molecule has 0 unspecified atom stereocenters. The van der Waals surface area contributed by atoms with Gasteiger partial charge in [-0.1, -0.05) is 30.3 Å². The normalized spacial score (nSPS) is 10.2. The molecular weight excluding hydrogens is 264 g/mol. The van der Waals surface area contributed by atoms with Crippen molar-refractivity contribution in [3.05, 3.63) is 54.6 Å². The standard InChI is InChI=1S/C17H20N2O2/c1-13(2)21-16-11-7-6-10-15(16)19-17(20)12-18-14-8-4-3-5-9-14/h3-11,13,18H,12H2,1-2H3,(H,19,20). The number of amides is 1. The topological polar surface area (TPSA) is 50.4 Å². The fourth-order valence-electron chi connectivity index (χ4n) is 1.86. The lowest BCUT2D eigenvalue weighted by Gasteiger charge is -2.15. The number of nitrogens with one attached hydrogen (secondary N) is 2. The van der Waals surface area contributed by atoms with Gasteiger partial charge < -0.3 is 15.4 Å². The van der Waals surface area contributed by atoms with Gasteiger partial charge in [-0.2, -0.15) is 0 Å². The first-order valence-electron chi connectivity index (χ1n) is 6.99. The van der Waals surface area contributed by atoms with E-state index in [1.807, 2.05) is 68.4 Å². The van der Waals surface area contributed by atoms with Gasteiger partial charge in [-0.05, 0) is 38.1 Å². The minimum atomic E-state index is -0.112. The van der Waals surface area contributed by atoms with Gasteiger partial charge in [0, 0.05) is 5.69 Å². The van der Waals surface area contributed by atoms with Crippen molar-refractivity contribution in [3.8, 4) is 5.75 Å². The Morgan fingerprint density at radius 2 is 1.71 bits per heavy atom. The van der Waals surface area contributed by atoms with Crippen molar-refractivity contribution in [2.24, 2.45) is 0 Å². The average Bonchev–Trinajstić information content (AvgIpc) is 2.48. The molecule has 1 amide bonds. The molecule has 0 radical (unpaired) electrons. The molecule has 0 atom stereocenters. The van der Waals surface area contributed by atoms with E-state index in [1.165, 1.54) is 0 Å². The Labute approximate surface area is 125 Å². The summed E-state index contributed by atoms with van der Waals surface area (Å²) >= 11 is 0. The smallest absolute Gasteiger partial charge is 0.243 e. The molecular formula is C17H20N2O2. The van der Waals surface area contributed by atoms with Gasteiger partial charge >= 0.3 is 0 Å². The quantitative estimate of drug-likeness (QED) is 0.853. The van der Waals surface area contributed by atoms with Crippen molar-refractivity contribution in [1.29, 1.82) is 0 Å². The average molecular weight is 284 g/mol. The second kappa shape index (κ2) is 7.33. The molecule has 0 fully saturated rings. The van der Waals surface area contributed by atoms with Crippen molar-refractivity contribution < 1.29 is 9.53 Å². The van der Waals surface area contributed by atoms with Crippen LogP contribution in [-0.4, -0.2) is 18.6 Å². The van der Waals surface area contributed by atoms with Crippen molar-refractivity contribution in [1.82, 2.24) is 0 Å². The van der Waals surface area contributed by atoms with Crippen LogP contribution in [0.15, 0.2) is 54.6 Å². The maximum atomic E-state index is 12.0. The predicted octanol–water partition coefficient (Wildman–Crippen LogP) is 3.52. The Morgan fingerprint density at radius 1 is 1.05 bits per heavy atom. The fraction of sp³-hybridized carbons (Fsp3) is 0.235. The van der Waals surface area contributed by atoms with Gasteiger partial charge in [0.1, 0.15) is 5.75 Å². The number of benzene rings is 2. The highest BCUT2D eigenvalue weighted by Gasteiger charge is 2.08. The van der Waals surface area contributed by atoms with Crippen LogP contribution in [-0.2, 0) is 4.79 Å². The van der Waals surface area contributed by atoms with E-state index >= 15 is 0 Å². The molecule has 0 spiro atoms. The summed E-state index contributed by atoms with van der Waals surface area (Å²) in [5.74, 6) is 0.569. The zero-order valence-electron chi connectivity index (χ0n) is 12.3. The van der Waals surface area contributed by atoms with Crippen LogP contribution < -0.4 is 15.4 Å². The van der Waals surface area contributed by atoms with E-state index in [0.717, 1.165) is 5.69 Å². The lowest BCUT2D eigenvalue weighted by molar-refractivity contribution is -0.114. The lowest BCUT2D eigenvalue weighted by Crippen LogP contribution is -2.22. The Kier molecular flexibility index (Phi) is 5.21. The predicted molar refractivity (Wildman–Crippen MR) is 85.8 cm³/mol. The van der Waals surface area contributed by atoms with Crippen molar-refractivity contribution >= 4 is 17.3 Å². The summed E-state index contributed by atoms with van der Waals surface area (Å²) in [7, 11) is 0. The molecule has 2 rings (SSSR count). The van der Waals surface area contributed by atoms with E-state index in [4.69, 9.17) is 4.74 Å². The van der Waals surface area contributed by atoms with Gasteiger partial charge in [-0.25, -0.2) is 0 Å². The molecule has 0 aliphatic rings. The van der Waals surface area contributed by atoms with E-state index in [2.05, 4.69) is 10.6 Å². The Balaban J connectivity index is 1.93. The van der Waals surface area contributed by atoms with Gasteiger partial charge in [-0.3, -0.25) is 4.79 Å². The van der Waals surface area contributed by atoms with E-state index in [9.17, 15) is 4.79 Å². The highest BCUT2D eigenvalue weighted by molar-refractivity contribution is 5.95. The van der Waals surface area contributed by atoms with Crippen LogP contribution in [0.1, 0.15) is 13.8 Å². The number of hydrogen-bond donors (Lipinski definition) is 2. The summed E-state index contributed by atoms with van der Waals surface area (Å²) < 4.78 is 5.67. The van der Waals surface area contributed by atoms with Gasteiger partial charge in [-0.15, -0.1) is 0 Å². The Morgan fingerprint density at radius 3 is 2.43 bits per heavy atom. The molecule has 0 aliphatic carbocycles.